The molecule has 1 aliphatic rings. The SMILES string of the molecule is CC(C)N1C(=O)C(=O)N(CC(=O)N(C)Cc2cccc(F)c2)C1=O. The first-order chi connectivity index (χ1) is 11.2. The molecule has 0 N–H and O–H groups in total. The zero-order valence-corrected chi connectivity index (χ0v) is 13.7. The molecule has 0 radical (unpaired) electrons. The van der Waals surface area contributed by atoms with E-state index >= 15 is 0 Å². The summed E-state index contributed by atoms with van der Waals surface area (Å²) in [4.78, 5) is 50.7. The zero-order valence-electron chi connectivity index (χ0n) is 13.7. The number of halogens is 1. The number of rotatable bonds is 5. The van der Waals surface area contributed by atoms with Crippen LogP contribution in [0.3, 0.4) is 0 Å². The molecule has 0 aromatic heterocycles. The van der Waals surface area contributed by atoms with Gasteiger partial charge >= 0.3 is 17.8 Å². The Kier molecular flexibility index (Phi) is 4.96. The second-order valence-electron chi connectivity index (χ2n) is 5.82. The fraction of sp³-hybridized carbons (Fsp3) is 0.375. The summed E-state index contributed by atoms with van der Waals surface area (Å²) in [6, 6.07) is 4.49. The smallest absolute Gasteiger partial charge is 0.334 e. The van der Waals surface area contributed by atoms with E-state index in [9.17, 15) is 23.6 Å². The lowest BCUT2D eigenvalue weighted by Crippen LogP contribution is -2.42. The third-order valence-corrected chi connectivity index (χ3v) is 3.63. The Morgan fingerprint density at radius 2 is 1.88 bits per heavy atom. The number of urea groups is 1. The monoisotopic (exact) mass is 335 g/mol. The summed E-state index contributed by atoms with van der Waals surface area (Å²) in [5.74, 6) is -2.90. The minimum Gasteiger partial charge on any atom is -0.340 e. The Morgan fingerprint density at radius 1 is 1.21 bits per heavy atom. The molecule has 8 heteroatoms. The van der Waals surface area contributed by atoms with Crippen LogP contribution in [0.5, 0.6) is 0 Å². The molecule has 5 amide bonds. The van der Waals surface area contributed by atoms with Crippen LogP contribution >= 0.6 is 0 Å². The Morgan fingerprint density at radius 3 is 2.42 bits per heavy atom. The Bertz CT molecular complexity index is 704. The normalized spacial score (nSPS) is 14.8. The number of benzene rings is 1. The highest BCUT2D eigenvalue weighted by Crippen LogP contribution is 2.15. The van der Waals surface area contributed by atoms with E-state index in [4.69, 9.17) is 0 Å². The van der Waals surface area contributed by atoms with Crippen LogP contribution in [0.1, 0.15) is 19.4 Å². The lowest BCUT2D eigenvalue weighted by Gasteiger charge is -2.21. The number of carbonyl (C=O) groups excluding carboxylic acids is 4. The first kappa shape index (κ1) is 17.6. The Labute approximate surface area is 138 Å². The molecule has 0 bridgehead atoms. The van der Waals surface area contributed by atoms with E-state index in [0.717, 1.165) is 4.90 Å². The first-order valence-electron chi connectivity index (χ1n) is 7.39. The number of imide groups is 2. The predicted octanol–water partition coefficient (Wildman–Crippen LogP) is 0.983. The molecule has 1 heterocycles. The van der Waals surface area contributed by atoms with E-state index in [1.54, 1.807) is 19.9 Å². The molecule has 1 aliphatic heterocycles. The lowest BCUT2D eigenvalue weighted by molar-refractivity contribution is -0.145. The van der Waals surface area contributed by atoms with Gasteiger partial charge in [-0.05, 0) is 31.5 Å². The summed E-state index contributed by atoms with van der Waals surface area (Å²) >= 11 is 0. The molecule has 0 spiro atoms. The second-order valence-corrected chi connectivity index (χ2v) is 5.82. The van der Waals surface area contributed by atoms with E-state index in [-0.39, 0.29) is 6.54 Å². The van der Waals surface area contributed by atoms with E-state index in [1.165, 1.54) is 30.1 Å². The van der Waals surface area contributed by atoms with Crippen LogP contribution in [0.25, 0.3) is 0 Å². The summed E-state index contributed by atoms with van der Waals surface area (Å²) in [5.41, 5.74) is 0.574. The van der Waals surface area contributed by atoms with Crippen molar-refractivity contribution >= 4 is 23.8 Å². The van der Waals surface area contributed by atoms with Crippen molar-refractivity contribution in [2.45, 2.75) is 26.4 Å². The number of nitrogens with zero attached hydrogens (tertiary/aromatic N) is 3. The molecule has 0 aliphatic carbocycles. The highest BCUT2D eigenvalue weighted by atomic mass is 19.1. The highest BCUT2D eigenvalue weighted by molar-refractivity contribution is 6.45. The van der Waals surface area contributed by atoms with Gasteiger partial charge in [0.2, 0.25) is 5.91 Å². The molecule has 7 nitrogen and oxygen atoms in total. The van der Waals surface area contributed by atoms with Crippen LogP contribution in [0.4, 0.5) is 9.18 Å². The van der Waals surface area contributed by atoms with Gasteiger partial charge in [0.05, 0.1) is 0 Å². The van der Waals surface area contributed by atoms with Crippen molar-refractivity contribution in [3.05, 3.63) is 35.6 Å². The van der Waals surface area contributed by atoms with Gasteiger partial charge in [0.15, 0.2) is 0 Å². The van der Waals surface area contributed by atoms with Gasteiger partial charge in [-0.15, -0.1) is 0 Å². The minimum atomic E-state index is -1.01. The number of hydrogen-bond donors (Lipinski definition) is 0. The summed E-state index contributed by atoms with van der Waals surface area (Å²) in [7, 11) is 1.47. The summed E-state index contributed by atoms with van der Waals surface area (Å²) in [6.07, 6.45) is 0. The van der Waals surface area contributed by atoms with Crippen molar-refractivity contribution in [1.82, 2.24) is 14.7 Å². The summed E-state index contributed by atoms with van der Waals surface area (Å²) < 4.78 is 13.2. The van der Waals surface area contributed by atoms with Crippen molar-refractivity contribution in [2.75, 3.05) is 13.6 Å². The van der Waals surface area contributed by atoms with Gasteiger partial charge in [0.1, 0.15) is 12.4 Å². The van der Waals surface area contributed by atoms with Gasteiger partial charge in [0.25, 0.3) is 0 Å². The van der Waals surface area contributed by atoms with Crippen LogP contribution < -0.4 is 0 Å². The van der Waals surface area contributed by atoms with E-state index in [0.29, 0.717) is 10.5 Å². The van der Waals surface area contributed by atoms with E-state index in [1.807, 2.05) is 0 Å². The highest BCUT2D eigenvalue weighted by Gasteiger charge is 2.46. The van der Waals surface area contributed by atoms with Gasteiger partial charge in [-0.2, -0.15) is 0 Å². The van der Waals surface area contributed by atoms with Crippen LogP contribution in [-0.2, 0) is 20.9 Å². The summed E-state index contributed by atoms with van der Waals surface area (Å²) in [5, 5.41) is 0. The molecule has 1 aromatic rings. The Hall–Kier alpha value is -2.77. The maximum Gasteiger partial charge on any atom is 0.334 e. The van der Waals surface area contributed by atoms with Crippen LogP contribution in [0.2, 0.25) is 0 Å². The quantitative estimate of drug-likeness (QED) is 0.594. The second kappa shape index (κ2) is 6.77. The largest absolute Gasteiger partial charge is 0.340 e. The average molecular weight is 335 g/mol. The van der Waals surface area contributed by atoms with Crippen molar-refractivity contribution < 1.29 is 23.6 Å². The molecule has 128 valence electrons. The van der Waals surface area contributed by atoms with Crippen molar-refractivity contribution in [3.8, 4) is 0 Å². The fourth-order valence-electron chi connectivity index (χ4n) is 2.37. The lowest BCUT2D eigenvalue weighted by atomic mass is 10.2. The fourth-order valence-corrected chi connectivity index (χ4v) is 2.37. The van der Waals surface area contributed by atoms with Crippen LogP contribution in [0, 0.1) is 5.82 Å². The number of hydrogen-bond acceptors (Lipinski definition) is 4. The zero-order chi connectivity index (χ0) is 18.0. The topological polar surface area (TPSA) is 78.0 Å². The first-order valence-corrected chi connectivity index (χ1v) is 7.39. The van der Waals surface area contributed by atoms with Gasteiger partial charge in [-0.3, -0.25) is 19.3 Å². The van der Waals surface area contributed by atoms with Gasteiger partial charge in [-0.1, -0.05) is 12.1 Å². The van der Waals surface area contributed by atoms with E-state index < -0.39 is 42.2 Å². The molecular formula is C16H18FN3O4. The molecule has 2 rings (SSSR count). The minimum absolute atomic E-state index is 0.120. The molecule has 24 heavy (non-hydrogen) atoms. The van der Waals surface area contributed by atoms with Crippen molar-refractivity contribution in [3.63, 3.8) is 0 Å². The molecule has 0 saturated carbocycles. The maximum absolute atomic E-state index is 13.2. The molecular weight excluding hydrogens is 317 g/mol. The van der Waals surface area contributed by atoms with Gasteiger partial charge in [0, 0.05) is 19.6 Å². The van der Waals surface area contributed by atoms with Crippen LogP contribution in [0.15, 0.2) is 24.3 Å². The third-order valence-electron chi connectivity index (χ3n) is 3.63. The molecule has 1 fully saturated rings. The molecule has 0 atom stereocenters. The van der Waals surface area contributed by atoms with Gasteiger partial charge in [-0.25, -0.2) is 14.1 Å². The molecule has 1 aromatic carbocycles. The summed E-state index contributed by atoms with van der Waals surface area (Å²) in [6.45, 7) is 2.79. The number of likely N-dealkylation sites (N-methyl/N-ethyl adjacent to an activating group) is 1. The Balaban J connectivity index is 2.05. The number of carbonyl (C=O) groups is 4. The van der Waals surface area contributed by atoms with Crippen molar-refractivity contribution in [2.24, 2.45) is 0 Å². The standard InChI is InChI=1S/C16H18FN3O4/c1-10(2)20-15(23)14(22)19(16(20)24)9-13(21)18(3)8-11-5-4-6-12(17)7-11/h4-7,10H,8-9H2,1-3H3. The predicted molar refractivity (Wildman–Crippen MR) is 82.0 cm³/mol. The van der Waals surface area contributed by atoms with Crippen LogP contribution in [-0.4, -0.2) is 58.1 Å². The van der Waals surface area contributed by atoms with Gasteiger partial charge < -0.3 is 4.90 Å². The molecule has 0 unspecified atom stereocenters. The van der Waals surface area contributed by atoms with Crippen molar-refractivity contribution in [1.29, 1.82) is 0 Å². The van der Waals surface area contributed by atoms with E-state index in [2.05, 4.69) is 0 Å². The third kappa shape index (κ3) is 3.42. The number of amides is 5. The molecule has 1 saturated heterocycles. The average Bonchev–Trinajstić information content (AvgIpc) is 2.70. The maximum atomic E-state index is 13.2.